The molecule has 2 aliphatic rings. The molecule has 2 aliphatic heterocycles. The van der Waals surface area contributed by atoms with E-state index in [-0.39, 0.29) is 66.9 Å². The molecule has 0 unspecified atom stereocenters. The van der Waals surface area contributed by atoms with Crippen LogP contribution in [0.3, 0.4) is 0 Å². The molecule has 0 radical (unpaired) electrons. The van der Waals surface area contributed by atoms with Gasteiger partial charge in [-0.1, -0.05) is 48.2 Å². The number of benzene rings is 2. The number of aromatic nitrogens is 8. The number of likely N-dealkylation sites (tertiary alicyclic amines) is 1. The number of carboxylic acid groups (broad SMARTS) is 1. The Bertz CT molecular complexity index is 3300. The monoisotopic (exact) mass is 1140 g/mol. The molecule has 6 heterocycles. The molecule has 0 bridgehead atoms. The largest absolute Gasteiger partial charge is 0.476 e. The van der Waals surface area contributed by atoms with Gasteiger partial charge >= 0.3 is 5.97 Å². The van der Waals surface area contributed by atoms with E-state index in [1.807, 2.05) is 35.1 Å². The molecule has 0 spiro atoms. The number of aliphatic carboxylic acids is 1. The second kappa shape index (κ2) is 27.7. The first-order valence-corrected chi connectivity index (χ1v) is 24.0. The van der Waals surface area contributed by atoms with E-state index in [0.717, 1.165) is 41.6 Å². The summed E-state index contributed by atoms with van der Waals surface area (Å²) in [7, 11) is 6.54. The van der Waals surface area contributed by atoms with Crippen molar-refractivity contribution in [3.05, 3.63) is 105 Å². The van der Waals surface area contributed by atoms with Gasteiger partial charge in [0.15, 0.2) is 17.2 Å². The molecule has 8 N–H and O–H groups in total. The van der Waals surface area contributed by atoms with E-state index in [2.05, 4.69) is 73.0 Å². The summed E-state index contributed by atoms with van der Waals surface area (Å²) in [5.41, 5.74) is 16.7. The topological polar surface area (TPSA) is 270 Å². The molecule has 2 fully saturated rings. The SMILES string of the molecule is C=C(F)C(=O)N1C[C@@H](n2nc(C#Cc3cc4ncn(CC)c4cc3Cl)c(C(N)=O)c2NC)C[C@@H]1COC.C=C(F)C(=O)O.CCn1cnc2cc(C#Cc3nn([C@@H]4CN[C@@H](COC)C4)c(NC)c3C(N)=O)c(Cl)cc21.Cl.Cl. The Balaban J connectivity index is 0.000000296. The number of fused-ring (bicyclic) bond motifs is 2. The highest BCUT2D eigenvalue weighted by atomic mass is 35.5. The second-order valence-corrected chi connectivity index (χ2v) is 17.8. The van der Waals surface area contributed by atoms with E-state index in [4.69, 9.17) is 49.2 Å². The average molecular weight is 1150 g/mol. The number of nitrogens with zero attached hydrogens (tertiary/aromatic N) is 9. The first-order valence-electron chi connectivity index (χ1n) is 23.3. The van der Waals surface area contributed by atoms with Gasteiger partial charge in [0.25, 0.3) is 17.7 Å². The Morgan fingerprint density at radius 1 is 0.766 bits per heavy atom. The van der Waals surface area contributed by atoms with Gasteiger partial charge in [0.1, 0.15) is 22.8 Å². The number of rotatable bonds is 14. The molecule has 3 amide bonds. The van der Waals surface area contributed by atoms with Gasteiger partial charge in [0.2, 0.25) is 5.83 Å². The van der Waals surface area contributed by atoms with Crippen LogP contribution in [0.4, 0.5) is 20.4 Å². The predicted molar refractivity (Wildman–Crippen MR) is 294 cm³/mol. The molecule has 0 saturated carbocycles. The number of carboxylic acids is 1. The molecule has 0 aliphatic carbocycles. The quantitative estimate of drug-likeness (QED) is 0.0531. The highest BCUT2D eigenvalue weighted by molar-refractivity contribution is 6.33. The number of primary amides is 2. The van der Waals surface area contributed by atoms with Crippen LogP contribution in [0.5, 0.6) is 0 Å². The van der Waals surface area contributed by atoms with E-state index in [9.17, 15) is 28.0 Å². The van der Waals surface area contributed by atoms with Crippen molar-refractivity contribution in [2.75, 3.05) is 65.3 Å². The number of methoxy groups -OCH3 is 2. The van der Waals surface area contributed by atoms with Gasteiger partial charge < -0.3 is 56.0 Å². The van der Waals surface area contributed by atoms with Crippen molar-refractivity contribution in [1.82, 2.24) is 48.9 Å². The van der Waals surface area contributed by atoms with Gasteiger partial charge in [0.05, 0.1) is 76.1 Å². The summed E-state index contributed by atoms with van der Waals surface area (Å²) >= 11 is 13.0. The van der Waals surface area contributed by atoms with Crippen molar-refractivity contribution in [2.24, 2.45) is 11.5 Å². The van der Waals surface area contributed by atoms with Crippen LogP contribution in [-0.2, 0) is 32.2 Å². The average Bonchev–Trinajstić information content (AvgIpc) is 4.25. The second-order valence-electron chi connectivity index (χ2n) is 17.0. The van der Waals surface area contributed by atoms with Crippen LogP contribution in [0.1, 0.15) is 82.0 Å². The van der Waals surface area contributed by atoms with E-state index in [1.165, 1.54) is 12.0 Å². The number of imidazole rings is 2. The number of amides is 3. The molecular formula is C50H58Cl4F2N14O7. The first kappa shape index (κ1) is 62.3. The summed E-state index contributed by atoms with van der Waals surface area (Å²) in [6.07, 6.45) is 4.74. The van der Waals surface area contributed by atoms with Gasteiger partial charge in [-0.15, -0.1) is 24.8 Å². The number of nitrogens with one attached hydrogen (secondary N) is 3. The maximum absolute atomic E-state index is 13.7. The number of nitrogens with two attached hydrogens (primary N) is 2. The third kappa shape index (κ3) is 14.0. The van der Waals surface area contributed by atoms with E-state index in [0.29, 0.717) is 58.1 Å². The summed E-state index contributed by atoms with van der Waals surface area (Å²) in [5, 5.41) is 27.1. The van der Waals surface area contributed by atoms with Gasteiger partial charge in [0, 0.05) is 71.7 Å². The van der Waals surface area contributed by atoms with E-state index >= 15 is 0 Å². The van der Waals surface area contributed by atoms with Crippen molar-refractivity contribution in [2.45, 2.75) is 63.9 Å². The first-order chi connectivity index (χ1) is 35.8. The number of aryl methyl sites for hydroxylation is 2. The Hall–Kier alpha value is -7.22. The highest BCUT2D eigenvalue weighted by Crippen LogP contribution is 2.34. The van der Waals surface area contributed by atoms with Crippen molar-refractivity contribution in [3.63, 3.8) is 0 Å². The number of carbonyl (C=O) groups is 4. The fourth-order valence-corrected chi connectivity index (χ4v) is 9.17. The lowest BCUT2D eigenvalue weighted by Crippen LogP contribution is -2.38. The van der Waals surface area contributed by atoms with Crippen LogP contribution in [0.25, 0.3) is 22.1 Å². The molecule has 77 heavy (non-hydrogen) atoms. The highest BCUT2D eigenvalue weighted by Gasteiger charge is 2.39. The molecule has 21 nitrogen and oxygen atoms in total. The Morgan fingerprint density at radius 2 is 1.22 bits per heavy atom. The van der Waals surface area contributed by atoms with Gasteiger partial charge in [-0.2, -0.15) is 14.6 Å². The summed E-state index contributed by atoms with van der Waals surface area (Å²) in [6.45, 7) is 12.9. The van der Waals surface area contributed by atoms with Crippen molar-refractivity contribution >= 4 is 105 Å². The van der Waals surface area contributed by atoms with Crippen LogP contribution < -0.4 is 27.4 Å². The third-order valence-corrected chi connectivity index (χ3v) is 12.9. The molecule has 27 heteroatoms. The zero-order valence-corrected chi connectivity index (χ0v) is 45.9. The molecule has 6 aromatic rings. The number of hydrogen-bond acceptors (Lipinski definition) is 13. The minimum absolute atomic E-state index is 0. The Morgan fingerprint density at radius 3 is 1.61 bits per heavy atom. The number of carbonyl (C=O) groups excluding carboxylic acids is 3. The zero-order valence-electron chi connectivity index (χ0n) is 42.7. The van der Waals surface area contributed by atoms with E-state index in [1.54, 1.807) is 55.4 Å². The lowest BCUT2D eigenvalue weighted by molar-refractivity contribution is -0.134. The van der Waals surface area contributed by atoms with Gasteiger partial charge in [-0.3, -0.25) is 14.4 Å². The Kier molecular flexibility index (Phi) is 22.4. The molecule has 4 aromatic heterocycles. The maximum atomic E-state index is 13.7. The fraction of sp³-hybridized carbons (Fsp3) is 0.360. The maximum Gasteiger partial charge on any atom is 0.364 e. The minimum atomic E-state index is -1.60. The van der Waals surface area contributed by atoms with Crippen molar-refractivity contribution in [1.29, 1.82) is 0 Å². The Labute approximate surface area is 464 Å². The minimum Gasteiger partial charge on any atom is -0.476 e. The summed E-state index contributed by atoms with van der Waals surface area (Å²) in [5.74, 6) is 6.75. The van der Waals surface area contributed by atoms with Crippen LogP contribution in [0.15, 0.2) is 61.7 Å². The number of anilines is 2. The van der Waals surface area contributed by atoms with Crippen molar-refractivity contribution in [3.8, 4) is 23.7 Å². The summed E-state index contributed by atoms with van der Waals surface area (Å²) < 4.78 is 42.5. The number of hydrogen-bond donors (Lipinski definition) is 6. The molecule has 412 valence electrons. The lowest BCUT2D eigenvalue weighted by Gasteiger charge is -2.22. The van der Waals surface area contributed by atoms with Gasteiger partial charge in [-0.25, -0.2) is 28.5 Å². The number of ether oxygens (including phenoxy) is 2. The molecule has 4 atom stereocenters. The molecular weight excluding hydrogens is 1090 g/mol. The van der Waals surface area contributed by atoms with Crippen LogP contribution in [0, 0.1) is 23.7 Å². The third-order valence-electron chi connectivity index (χ3n) is 12.3. The van der Waals surface area contributed by atoms with E-state index < -0.39 is 47.4 Å². The molecule has 8 rings (SSSR count). The van der Waals surface area contributed by atoms with Gasteiger partial charge in [-0.05, 0) is 62.8 Å². The summed E-state index contributed by atoms with van der Waals surface area (Å²) in [6, 6.07) is 6.74. The van der Waals surface area contributed by atoms with Crippen molar-refractivity contribution < 1.29 is 42.5 Å². The smallest absolute Gasteiger partial charge is 0.364 e. The zero-order chi connectivity index (χ0) is 54.8. The summed E-state index contributed by atoms with van der Waals surface area (Å²) in [4.78, 5) is 56.5. The lowest BCUT2D eigenvalue weighted by atomic mass is 10.1. The van der Waals surface area contributed by atoms with Crippen LogP contribution >= 0.6 is 48.0 Å². The van der Waals surface area contributed by atoms with Crippen LogP contribution in [-0.4, -0.2) is 139 Å². The number of halogens is 6. The van der Waals surface area contributed by atoms with Crippen LogP contribution in [0.2, 0.25) is 10.0 Å². The molecule has 2 aromatic carbocycles. The fourth-order valence-electron chi connectivity index (χ4n) is 8.76. The molecule has 2 saturated heterocycles. The normalized spacial score (nSPS) is 16.3. The standard InChI is InChI=1S/C25H27ClFN7O3.C22H26ClN7O2.C3H3FO2.2ClH/c1-5-32-13-30-20-8-15(18(26)10-21(20)32)6-7-19-22(23(28)35)24(29-3)34(31-19)16-9-17(12-37-4)33(11-16)25(36)14(2)27;1-4-29-12-27-18-7-13(16(23)9-19(18)29)5-6-17-20(21(24)31)22(25-2)30(28-17)15-8-14(11-32-3)26-10-15;1-2(4)3(5)6;;/h8,10,13,16-17,29H,2,5,9,11-12H2,1,3-4H3,(H2,28,35);7,9,12,14-15,25-26H,4,8,10-11H2,1-3H3,(H2,24,31);1H2,(H,5,6);2*1H/t16-,17+;14-,15+;;;/m01.../s1. The predicted octanol–water partition coefficient (Wildman–Crippen LogP) is 6.11.